The molecule has 3 amide bonds. The molecule has 1 unspecified atom stereocenters. The van der Waals surface area contributed by atoms with Gasteiger partial charge in [-0.2, -0.15) is 0 Å². The molecule has 2 fully saturated rings. The minimum atomic E-state index is -0.301. The highest BCUT2D eigenvalue weighted by molar-refractivity contribution is 5.97. The molecule has 2 heterocycles. The third-order valence-electron chi connectivity index (χ3n) is 5.57. The molecule has 0 aliphatic carbocycles. The Kier molecular flexibility index (Phi) is 5.63. The van der Waals surface area contributed by atoms with Gasteiger partial charge in [0.25, 0.3) is 5.91 Å². The molecule has 1 aromatic carbocycles. The van der Waals surface area contributed by atoms with E-state index in [1.807, 2.05) is 25.7 Å². The number of hydrogen-bond acceptors (Lipinski definition) is 4. The minimum Gasteiger partial charge on any atom is -0.507 e. The van der Waals surface area contributed by atoms with E-state index in [-0.39, 0.29) is 53.0 Å². The lowest BCUT2D eigenvalue weighted by molar-refractivity contribution is -0.136. The molecule has 3 rings (SSSR count). The van der Waals surface area contributed by atoms with E-state index in [0.29, 0.717) is 32.5 Å². The van der Waals surface area contributed by atoms with Crippen LogP contribution >= 0.6 is 0 Å². The van der Waals surface area contributed by atoms with Crippen LogP contribution in [0.1, 0.15) is 50.4 Å². The first-order chi connectivity index (χ1) is 13.2. The van der Waals surface area contributed by atoms with E-state index < -0.39 is 0 Å². The highest BCUT2D eigenvalue weighted by Gasteiger charge is 2.41. The Balaban J connectivity index is 1.51. The molecule has 0 radical (unpaired) electrons. The average molecular weight is 387 g/mol. The maximum Gasteiger partial charge on any atom is 0.255 e. The molecule has 2 saturated heterocycles. The molecule has 7 nitrogen and oxygen atoms in total. The number of piperidine rings is 1. The van der Waals surface area contributed by atoms with E-state index in [1.54, 1.807) is 23.1 Å². The highest BCUT2D eigenvalue weighted by Crippen LogP contribution is 2.28. The number of rotatable bonds is 3. The van der Waals surface area contributed by atoms with Crippen LogP contribution < -0.4 is 5.32 Å². The number of amides is 3. The molecule has 0 aromatic heterocycles. The SMILES string of the molecule is CC(C)(C)N1CC(C(=O)N2CCC(NC(=O)c3ccccc3O)CC2)CC1=O. The minimum absolute atomic E-state index is 0.0329. The number of benzene rings is 1. The maximum atomic E-state index is 12.8. The third kappa shape index (κ3) is 4.29. The molecule has 152 valence electrons. The smallest absolute Gasteiger partial charge is 0.255 e. The van der Waals surface area contributed by atoms with Crippen molar-refractivity contribution in [2.75, 3.05) is 19.6 Å². The van der Waals surface area contributed by atoms with Crippen molar-refractivity contribution in [2.45, 2.75) is 51.6 Å². The molecule has 0 bridgehead atoms. The molecule has 2 aliphatic rings. The number of carbonyl (C=O) groups is 3. The van der Waals surface area contributed by atoms with Crippen LogP contribution in [0.25, 0.3) is 0 Å². The molecule has 2 N–H and O–H groups in total. The second kappa shape index (κ2) is 7.81. The Hall–Kier alpha value is -2.57. The number of para-hydroxylation sites is 1. The molecule has 2 aliphatic heterocycles. The van der Waals surface area contributed by atoms with Gasteiger partial charge >= 0.3 is 0 Å². The van der Waals surface area contributed by atoms with Crippen molar-refractivity contribution < 1.29 is 19.5 Å². The number of phenols is 1. The van der Waals surface area contributed by atoms with Gasteiger partial charge in [0.1, 0.15) is 5.75 Å². The van der Waals surface area contributed by atoms with Crippen LogP contribution in [-0.4, -0.2) is 63.8 Å². The van der Waals surface area contributed by atoms with Crippen molar-refractivity contribution in [3.8, 4) is 5.75 Å². The fourth-order valence-electron chi connectivity index (χ4n) is 3.95. The zero-order valence-electron chi connectivity index (χ0n) is 16.8. The normalized spacial score (nSPS) is 21.1. The lowest BCUT2D eigenvalue weighted by Crippen LogP contribution is -2.48. The zero-order valence-corrected chi connectivity index (χ0v) is 16.8. The maximum absolute atomic E-state index is 12.8. The Morgan fingerprint density at radius 1 is 1.14 bits per heavy atom. The summed E-state index contributed by atoms with van der Waals surface area (Å²) in [6.07, 6.45) is 1.60. The van der Waals surface area contributed by atoms with Gasteiger partial charge in [0, 0.05) is 37.6 Å². The summed E-state index contributed by atoms with van der Waals surface area (Å²) in [5.41, 5.74) is -0.0143. The second-order valence-electron chi connectivity index (χ2n) is 8.67. The van der Waals surface area contributed by atoms with Crippen molar-refractivity contribution in [1.29, 1.82) is 0 Å². The van der Waals surface area contributed by atoms with Crippen molar-refractivity contribution in [3.05, 3.63) is 29.8 Å². The summed E-state index contributed by atoms with van der Waals surface area (Å²) >= 11 is 0. The molecule has 28 heavy (non-hydrogen) atoms. The van der Waals surface area contributed by atoms with Gasteiger partial charge in [0.05, 0.1) is 11.5 Å². The van der Waals surface area contributed by atoms with Crippen LogP contribution in [-0.2, 0) is 9.59 Å². The molecule has 1 aromatic rings. The quantitative estimate of drug-likeness (QED) is 0.827. The van der Waals surface area contributed by atoms with Gasteiger partial charge in [-0.15, -0.1) is 0 Å². The number of carbonyl (C=O) groups excluding carboxylic acids is 3. The summed E-state index contributed by atoms with van der Waals surface area (Å²) < 4.78 is 0. The molecule has 0 saturated carbocycles. The van der Waals surface area contributed by atoms with E-state index in [2.05, 4.69) is 5.32 Å². The van der Waals surface area contributed by atoms with Crippen molar-refractivity contribution in [1.82, 2.24) is 15.1 Å². The Bertz CT molecular complexity index is 763. The summed E-state index contributed by atoms with van der Waals surface area (Å²) in [7, 11) is 0. The van der Waals surface area contributed by atoms with Gasteiger partial charge in [0.2, 0.25) is 11.8 Å². The third-order valence-corrected chi connectivity index (χ3v) is 5.57. The van der Waals surface area contributed by atoms with Crippen molar-refractivity contribution in [2.24, 2.45) is 5.92 Å². The number of hydrogen-bond donors (Lipinski definition) is 2. The summed E-state index contributed by atoms with van der Waals surface area (Å²) in [6, 6.07) is 6.42. The van der Waals surface area contributed by atoms with E-state index in [0.717, 1.165) is 0 Å². The van der Waals surface area contributed by atoms with E-state index in [9.17, 15) is 19.5 Å². The Labute approximate surface area is 165 Å². The van der Waals surface area contributed by atoms with E-state index >= 15 is 0 Å². The van der Waals surface area contributed by atoms with Crippen LogP contribution in [0.2, 0.25) is 0 Å². The number of nitrogens with one attached hydrogen (secondary N) is 1. The standard InChI is InChI=1S/C21H29N3O4/c1-21(2,3)24-13-14(12-18(24)26)20(28)23-10-8-15(9-11-23)22-19(27)16-6-4-5-7-17(16)25/h4-7,14-15,25H,8-13H2,1-3H3,(H,22,27). The molecular formula is C21H29N3O4. The van der Waals surface area contributed by atoms with Gasteiger partial charge in [0.15, 0.2) is 0 Å². The van der Waals surface area contributed by atoms with Crippen LogP contribution in [0.3, 0.4) is 0 Å². The van der Waals surface area contributed by atoms with Gasteiger partial charge < -0.3 is 20.2 Å². The monoisotopic (exact) mass is 387 g/mol. The van der Waals surface area contributed by atoms with E-state index in [4.69, 9.17) is 0 Å². The first-order valence-electron chi connectivity index (χ1n) is 9.85. The van der Waals surface area contributed by atoms with Gasteiger partial charge in [-0.05, 0) is 45.7 Å². The first kappa shape index (κ1) is 20.2. The fraction of sp³-hybridized carbons (Fsp3) is 0.571. The summed E-state index contributed by atoms with van der Waals surface area (Å²) in [5.74, 6) is -0.549. The number of likely N-dealkylation sites (tertiary alicyclic amines) is 2. The van der Waals surface area contributed by atoms with Gasteiger partial charge in [-0.25, -0.2) is 0 Å². The Morgan fingerprint density at radius 3 is 2.36 bits per heavy atom. The van der Waals surface area contributed by atoms with Crippen molar-refractivity contribution >= 4 is 17.7 Å². The second-order valence-corrected chi connectivity index (χ2v) is 8.67. The number of aromatic hydroxyl groups is 1. The van der Waals surface area contributed by atoms with Crippen LogP contribution in [0, 0.1) is 5.92 Å². The Morgan fingerprint density at radius 2 is 1.79 bits per heavy atom. The highest BCUT2D eigenvalue weighted by atomic mass is 16.3. The first-order valence-corrected chi connectivity index (χ1v) is 9.85. The molecular weight excluding hydrogens is 358 g/mol. The topological polar surface area (TPSA) is 90.0 Å². The van der Waals surface area contributed by atoms with Gasteiger partial charge in [-0.1, -0.05) is 12.1 Å². The number of nitrogens with zero attached hydrogens (tertiary/aromatic N) is 2. The largest absolute Gasteiger partial charge is 0.507 e. The lowest BCUT2D eigenvalue weighted by atomic mass is 10.0. The van der Waals surface area contributed by atoms with Crippen LogP contribution in [0.4, 0.5) is 0 Å². The van der Waals surface area contributed by atoms with Gasteiger partial charge in [-0.3, -0.25) is 14.4 Å². The van der Waals surface area contributed by atoms with Crippen LogP contribution in [0.15, 0.2) is 24.3 Å². The summed E-state index contributed by atoms with van der Waals surface area (Å²) in [6.45, 7) is 7.55. The fourth-order valence-corrected chi connectivity index (χ4v) is 3.95. The molecule has 0 spiro atoms. The van der Waals surface area contributed by atoms with Crippen LogP contribution in [0.5, 0.6) is 5.75 Å². The van der Waals surface area contributed by atoms with E-state index in [1.165, 1.54) is 6.07 Å². The predicted octanol–water partition coefficient (Wildman–Crippen LogP) is 1.76. The predicted molar refractivity (Wildman–Crippen MR) is 105 cm³/mol. The zero-order chi connectivity index (χ0) is 20.5. The molecule has 7 heteroatoms. The van der Waals surface area contributed by atoms with Crippen molar-refractivity contribution in [3.63, 3.8) is 0 Å². The molecule has 1 atom stereocenters. The summed E-state index contributed by atoms with van der Waals surface area (Å²) in [5, 5.41) is 12.7. The summed E-state index contributed by atoms with van der Waals surface area (Å²) in [4.78, 5) is 41.0. The average Bonchev–Trinajstić information content (AvgIpc) is 3.04. The lowest BCUT2D eigenvalue weighted by Gasteiger charge is -2.35. The number of phenolic OH excluding ortho intramolecular Hbond substituents is 1.